The van der Waals surface area contributed by atoms with Crippen LogP contribution in [0.15, 0.2) is 24.3 Å². The minimum absolute atomic E-state index is 0.00847. The fourth-order valence-electron chi connectivity index (χ4n) is 1.69. The van der Waals surface area contributed by atoms with E-state index in [1.807, 2.05) is 0 Å². The number of hydrogen-bond acceptors (Lipinski definition) is 4. The van der Waals surface area contributed by atoms with Crippen molar-refractivity contribution in [2.45, 2.75) is 45.6 Å². The monoisotopic (exact) mass is 362 g/mol. The molecule has 0 aromatic heterocycles. The van der Waals surface area contributed by atoms with E-state index in [1.165, 1.54) is 24.3 Å². The Morgan fingerprint density at radius 1 is 1.16 bits per heavy atom. The van der Waals surface area contributed by atoms with E-state index in [-0.39, 0.29) is 6.54 Å². The lowest BCUT2D eigenvalue weighted by Gasteiger charge is -2.23. The van der Waals surface area contributed by atoms with Crippen molar-refractivity contribution < 1.29 is 32.2 Å². The number of carbonyl (C=O) groups excluding carboxylic acids is 2. The Bertz CT molecular complexity index is 574. The first kappa shape index (κ1) is 20.8. The summed E-state index contributed by atoms with van der Waals surface area (Å²) in [5.41, 5.74) is -0.0436. The fraction of sp³-hybridized carbons (Fsp3) is 0.500. The molecule has 0 fully saturated rings. The average molecular weight is 362 g/mol. The number of ether oxygens (including phenoxy) is 2. The van der Waals surface area contributed by atoms with Crippen LogP contribution in [0, 0.1) is 5.82 Å². The van der Waals surface area contributed by atoms with E-state index >= 15 is 0 Å². The van der Waals surface area contributed by atoms with Crippen molar-refractivity contribution >= 4 is 12.0 Å². The molecule has 9 heteroatoms. The molecular weight excluding hydrogens is 341 g/mol. The van der Waals surface area contributed by atoms with Crippen molar-refractivity contribution in [1.82, 2.24) is 10.6 Å². The van der Waals surface area contributed by atoms with Crippen molar-refractivity contribution in [3.63, 3.8) is 0 Å². The number of nitrogens with one attached hydrogen (secondary N) is 2. The van der Waals surface area contributed by atoms with Gasteiger partial charge < -0.3 is 20.1 Å². The van der Waals surface area contributed by atoms with Gasteiger partial charge in [0.25, 0.3) is 5.91 Å². The number of alkyl halides is 2. The largest absolute Gasteiger partial charge is 0.434 e. The van der Waals surface area contributed by atoms with Crippen molar-refractivity contribution in [3.05, 3.63) is 35.6 Å². The molecule has 0 heterocycles. The highest BCUT2D eigenvalue weighted by atomic mass is 19.3. The zero-order valence-electron chi connectivity index (χ0n) is 14.1. The third-order valence-electron chi connectivity index (χ3n) is 2.77. The molecule has 1 rings (SSSR count). The minimum Gasteiger partial charge on any atom is -0.434 e. The summed E-state index contributed by atoms with van der Waals surface area (Å²) in [5.74, 6) is -1.24. The molecule has 2 N–H and O–H groups in total. The smallest absolute Gasteiger partial charge is 0.408 e. The Hall–Kier alpha value is -2.29. The van der Waals surface area contributed by atoms with Gasteiger partial charge in [-0.25, -0.2) is 9.18 Å². The molecule has 0 saturated heterocycles. The number of benzene rings is 1. The predicted molar refractivity (Wildman–Crippen MR) is 83.4 cm³/mol. The number of rotatable bonds is 7. The Balaban J connectivity index is 2.64. The highest BCUT2D eigenvalue weighted by Crippen LogP contribution is 2.06. The molecule has 0 radical (unpaired) electrons. The highest BCUT2D eigenvalue weighted by molar-refractivity contribution is 5.83. The summed E-state index contributed by atoms with van der Waals surface area (Å²) < 4.78 is 46.2. The van der Waals surface area contributed by atoms with Crippen LogP contribution in [0.25, 0.3) is 0 Å². The molecule has 0 bridgehead atoms. The van der Waals surface area contributed by atoms with Crippen molar-refractivity contribution in [3.8, 4) is 0 Å². The molecule has 1 aromatic carbocycles. The third-order valence-corrected chi connectivity index (χ3v) is 2.77. The second kappa shape index (κ2) is 9.26. The summed E-state index contributed by atoms with van der Waals surface area (Å²) in [4.78, 5) is 23.8. The van der Waals surface area contributed by atoms with Gasteiger partial charge in [-0.05, 0) is 38.5 Å². The van der Waals surface area contributed by atoms with E-state index in [4.69, 9.17) is 4.74 Å². The number of halogens is 3. The summed E-state index contributed by atoms with van der Waals surface area (Å²) in [7, 11) is 0. The van der Waals surface area contributed by atoms with Gasteiger partial charge in [0.15, 0.2) is 0 Å². The van der Waals surface area contributed by atoms with E-state index in [0.29, 0.717) is 5.56 Å². The lowest BCUT2D eigenvalue weighted by molar-refractivity contribution is -0.158. The Morgan fingerprint density at radius 3 is 2.28 bits per heavy atom. The summed E-state index contributed by atoms with van der Waals surface area (Å²) in [6.07, 6.45) is -2.50. The van der Waals surface area contributed by atoms with Crippen LogP contribution >= 0.6 is 0 Å². The Labute approximate surface area is 143 Å². The van der Waals surface area contributed by atoms with E-state index in [9.17, 15) is 22.8 Å². The second-order valence-corrected chi connectivity index (χ2v) is 6.21. The van der Waals surface area contributed by atoms with Gasteiger partial charge in [0.2, 0.25) is 6.10 Å². The molecule has 0 aliphatic heterocycles. The Kier molecular flexibility index (Phi) is 7.69. The SMILES string of the molecule is CC(C)(C)NC(=O)O[C@H](COC(F)F)C(=O)NCc1ccc(F)cc1. The van der Waals surface area contributed by atoms with Crippen molar-refractivity contribution in [2.24, 2.45) is 0 Å². The normalized spacial score (nSPS) is 12.6. The fourth-order valence-corrected chi connectivity index (χ4v) is 1.69. The zero-order chi connectivity index (χ0) is 19.0. The van der Waals surface area contributed by atoms with Crippen molar-refractivity contribution in [1.29, 1.82) is 0 Å². The van der Waals surface area contributed by atoms with E-state index in [0.717, 1.165) is 0 Å². The molecule has 6 nitrogen and oxygen atoms in total. The number of alkyl carbamates (subject to hydrolysis) is 1. The molecule has 2 amide bonds. The maximum absolute atomic E-state index is 12.8. The van der Waals surface area contributed by atoms with Crippen LogP contribution in [0.4, 0.5) is 18.0 Å². The van der Waals surface area contributed by atoms with Crippen LogP contribution in [0.1, 0.15) is 26.3 Å². The van der Waals surface area contributed by atoms with Gasteiger partial charge in [-0.2, -0.15) is 8.78 Å². The predicted octanol–water partition coefficient (Wildman–Crippen LogP) is 2.57. The standard InChI is InChI=1S/C16H21F3N2O4/c1-16(2,3)21-15(23)25-12(9-24-14(18)19)13(22)20-8-10-4-6-11(17)7-5-10/h4-7,12,14H,8-9H2,1-3H3,(H,20,22)(H,21,23)/t12-/m1/s1. The highest BCUT2D eigenvalue weighted by Gasteiger charge is 2.26. The first-order valence-corrected chi connectivity index (χ1v) is 7.47. The molecule has 0 saturated carbocycles. The van der Waals surface area contributed by atoms with Gasteiger partial charge in [-0.15, -0.1) is 0 Å². The van der Waals surface area contributed by atoms with Gasteiger partial charge in [-0.3, -0.25) is 4.79 Å². The molecule has 140 valence electrons. The van der Waals surface area contributed by atoms with Gasteiger partial charge in [0, 0.05) is 12.1 Å². The molecule has 1 atom stereocenters. The first-order chi connectivity index (χ1) is 11.6. The second-order valence-electron chi connectivity index (χ2n) is 6.21. The molecule has 0 aliphatic carbocycles. The quantitative estimate of drug-likeness (QED) is 0.782. The maximum Gasteiger partial charge on any atom is 0.408 e. The molecule has 0 unspecified atom stereocenters. The molecule has 25 heavy (non-hydrogen) atoms. The summed E-state index contributed by atoms with van der Waals surface area (Å²) in [5, 5.41) is 4.87. The lowest BCUT2D eigenvalue weighted by Crippen LogP contribution is -2.47. The van der Waals surface area contributed by atoms with Crippen molar-refractivity contribution in [2.75, 3.05) is 6.61 Å². The first-order valence-electron chi connectivity index (χ1n) is 7.47. The van der Waals surface area contributed by atoms with Crippen LogP contribution in [0.5, 0.6) is 0 Å². The van der Waals surface area contributed by atoms with E-state index in [2.05, 4.69) is 15.4 Å². The number of carbonyl (C=O) groups is 2. The van der Waals surface area contributed by atoms with Crippen LogP contribution < -0.4 is 10.6 Å². The maximum atomic E-state index is 12.8. The number of hydrogen-bond donors (Lipinski definition) is 2. The zero-order valence-corrected chi connectivity index (χ0v) is 14.1. The van der Waals surface area contributed by atoms with Crippen LogP contribution in [0.3, 0.4) is 0 Å². The topological polar surface area (TPSA) is 76.7 Å². The average Bonchev–Trinajstić information content (AvgIpc) is 2.48. The molecule has 1 aromatic rings. The Morgan fingerprint density at radius 2 is 1.76 bits per heavy atom. The molecule has 0 aliphatic rings. The molecular formula is C16H21F3N2O4. The van der Waals surface area contributed by atoms with Gasteiger partial charge >= 0.3 is 12.7 Å². The van der Waals surface area contributed by atoms with E-state index < -0.39 is 42.7 Å². The lowest BCUT2D eigenvalue weighted by atomic mass is 10.1. The third kappa shape index (κ3) is 8.94. The summed E-state index contributed by atoms with van der Waals surface area (Å²) in [6, 6.07) is 5.33. The van der Waals surface area contributed by atoms with Crippen LogP contribution in [-0.2, 0) is 20.8 Å². The van der Waals surface area contributed by atoms with E-state index in [1.54, 1.807) is 20.8 Å². The van der Waals surface area contributed by atoms with Crippen LogP contribution in [0.2, 0.25) is 0 Å². The van der Waals surface area contributed by atoms with Gasteiger partial charge in [0.1, 0.15) is 5.82 Å². The summed E-state index contributed by atoms with van der Waals surface area (Å²) in [6.45, 7) is 1.16. The minimum atomic E-state index is -3.11. The van der Waals surface area contributed by atoms with Gasteiger partial charge in [-0.1, -0.05) is 12.1 Å². The molecule has 0 spiro atoms. The number of amides is 2. The van der Waals surface area contributed by atoms with Gasteiger partial charge in [0.05, 0.1) is 6.61 Å². The summed E-state index contributed by atoms with van der Waals surface area (Å²) >= 11 is 0. The van der Waals surface area contributed by atoms with Crippen LogP contribution in [-0.4, -0.2) is 36.9 Å².